The Labute approximate surface area is 143 Å². The summed E-state index contributed by atoms with van der Waals surface area (Å²) in [6.07, 6.45) is -2.38. The van der Waals surface area contributed by atoms with Crippen molar-refractivity contribution in [3.8, 4) is 0 Å². The second-order valence-electron chi connectivity index (χ2n) is 4.37. The predicted molar refractivity (Wildman–Crippen MR) is 90.2 cm³/mol. The lowest BCUT2D eigenvalue weighted by Gasteiger charge is -2.14. The minimum atomic E-state index is -4.94. The molecule has 0 aromatic rings. The van der Waals surface area contributed by atoms with E-state index in [1.165, 1.54) is 21.0 Å². The van der Waals surface area contributed by atoms with E-state index in [1.807, 2.05) is 0 Å². The van der Waals surface area contributed by atoms with Crippen molar-refractivity contribution >= 4 is 17.5 Å². The molecule has 24 heavy (non-hydrogen) atoms. The summed E-state index contributed by atoms with van der Waals surface area (Å²) < 4.78 is 63.1. The number of methoxy groups -OCH3 is 2. The third kappa shape index (κ3) is 6.82. The number of aliphatic imine (C=N–C) groups is 1. The monoisotopic (exact) mass is 367 g/mol. The first-order valence-corrected chi connectivity index (χ1v) is 7.78. The number of allylic oxidation sites excluding steroid dienone is 5. The highest BCUT2D eigenvalue weighted by Gasteiger charge is 2.40. The van der Waals surface area contributed by atoms with E-state index in [4.69, 9.17) is 9.47 Å². The molecule has 0 saturated carbocycles. The Bertz CT molecular complexity index is 575. The molecule has 0 aliphatic heterocycles. The van der Waals surface area contributed by atoms with Gasteiger partial charge >= 0.3 is 6.18 Å². The van der Waals surface area contributed by atoms with E-state index in [2.05, 4.69) is 11.6 Å². The first-order chi connectivity index (χ1) is 11.1. The second kappa shape index (κ2) is 10.2. The zero-order valence-corrected chi connectivity index (χ0v) is 15.1. The second-order valence-corrected chi connectivity index (χ2v) is 5.47. The van der Waals surface area contributed by atoms with Crippen molar-refractivity contribution < 1.29 is 27.0 Å². The third-order valence-corrected chi connectivity index (χ3v) is 3.80. The molecule has 0 amide bonds. The molecule has 0 aliphatic carbocycles. The molecule has 0 aromatic heterocycles. The van der Waals surface area contributed by atoms with Crippen LogP contribution in [0.15, 0.2) is 51.0 Å². The van der Waals surface area contributed by atoms with Crippen molar-refractivity contribution in [1.29, 1.82) is 0 Å². The average molecular weight is 367 g/mol. The Morgan fingerprint density at radius 1 is 1.25 bits per heavy atom. The number of hydrogen-bond donors (Lipinski definition) is 0. The molecular weight excluding hydrogens is 346 g/mol. The van der Waals surface area contributed by atoms with Crippen LogP contribution in [-0.4, -0.2) is 26.1 Å². The highest BCUT2D eigenvalue weighted by molar-refractivity contribution is 8.07. The number of hydrogen-bond acceptors (Lipinski definition) is 4. The van der Waals surface area contributed by atoms with Crippen LogP contribution in [0.4, 0.5) is 17.6 Å². The van der Waals surface area contributed by atoms with Gasteiger partial charge in [-0.15, -0.1) is 0 Å². The van der Waals surface area contributed by atoms with E-state index in [0.717, 1.165) is 24.9 Å². The summed E-state index contributed by atoms with van der Waals surface area (Å²) in [5, 5.41) is 0.341. The van der Waals surface area contributed by atoms with E-state index in [1.54, 1.807) is 13.0 Å². The lowest BCUT2D eigenvalue weighted by molar-refractivity contribution is -0.0944. The van der Waals surface area contributed by atoms with Gasteiger partial charge in [0.2, 0.25) is 5.88 Å². The highest BCUT2D eigenvalue weighted by atomic mass is 32.2. The molecule has 8 heteroatoms. The van der Waals surface area contributed by atoms with Gasteiger partial charge in [-0.3, -0.25) is 0 Å². The van der Waals surface area contributed by atoms with Crippen LogP contribution in [0.2, 0.25) is 0 Å². The Balaban J connectivity index is 6.09. The number of rotatable bonds is 8. The standard InChI is InChI=1S/C16H21F4NO2S/c1-7-9-12(17)14(16(18,19)20)15(23-6)21-10(3)13(8-2)24-11(4)22-5/h8-9H,4,7H2,1-3,5-6H3/b12-9-,13-8-,15-14-,21-10-. The molecule has 0 N–H and O–H groups in total. The van der Waals surface area contributed by atoms with E-state index in [-0.39, 0.29) is 12.1 Å². The maximum absolute atomic E-state index is 13.9. The summed E-state index contributed by atoms with van der Waals surface area (Å²) in [4.78, 5) is 4.32. The first kappa shape index (κ1) is 22.3. The van der Waals surface area contributed by atoms with Crippen LogP contribution in [0.1, 0.15) is 27.2 Å². The summed E-state index contributed by atoms with van der Waals surface area (Å²) in [5.41, 5.74) is -1.33. The highest BCUT2D eigenvalue weighted by Crippen LogP contribution is 2.36. The summed E-state index contributed by atoms with van der Waals surface area (Å²) in [5.74, 6) is -2.26. The van der Waals surface area contributed by atoms with Crippen LogP contribution in [0.3, 0.4) is 0 Å². The summed E-state index contributed by atoms with van der Waals surface area (Å²) in [6.45, 7) is 8.32. The number of ether oxygens (including phenoxy) is 2. The molecule has 0 saturated heterocycles. The van der Waals surface area contributed by atoms with Crippen LogP contribution in [-0.2, 0) is 9.47 Å². The molecule has 0 spiro atoms. The fraction of sp³-hybridized carbons (Fsp3) is 0.438. The SMILES string of the molecule is C=C(OC)SC(=C\C)/C(C)=N\C(OC)=C(/C(F)=C/CC)C(F)(F)F. The van der Waals surface area contributed by atoms with Crippen molar-refractivity contribution in [2.75, 3.05) is 14.2 Å². The van der Waals surface area contributed by atoms with Crippen molar-refractivity contribution in [2.24, 2.45) is 4.99 Å². The Morgan fingerprint density at radius 3 is 2.21 bits per heavy atom. The lowest BCUT2D eigenvalue weighted by atomic mass is 10.2. The largest absolute Gasteiger partial charge is 0.491 e. The number of thioether (sulfide) groups is 1. The molecule has 0 heterocycles. The maximum Gasteiger partial charge on any atom is 0.424 e. The van der Waals surface area contributed by atoms with E-state index >= 15 is 0 Å². The van der Waals surface area contributed by atoms with Gasteiger partial charge in [-0.05, 0) is 32.9 Å². The van der Waals surface area contributed by atoms with E-state index < -0.39 is 23.5 Å². The zero-order valence-electron chi connectivity index (χ0n) is 14.3. The Morgan fingerprint density at radius 2 is 1.83 bits per heavy atom. The fourth-order valence-corrected chi connectivity index (χ4v) is 2.20. The summed E-state index contributed by atoms with van der Waals surface area (Å²) >= 11 is 1.09. The molecule has 0 rings (SSSR count). The predicted octanol–water partition coefficient (Wildman–Crippen LogP) is 5.89. The van der Waals surface area contributed by atoms with Gasteiger partial charge in [-0.2, -0.15) is 13.2 Å². The van der Waals surface area contributed by atoms with Crippen LogP contribution in [0.25, 0.3) is 0 Å². The van der Waals surface area contributed by atoms with Gasteiger partial charge in [-0.1, -0.05) is 24.8 Å². The summed E-state index contributed by atoms with van der Waals surface area (Å²) in [7, 11) is 2.43. The Kier molecular flexibility index (Phi) is 9.50. The molecule has 0 aliphatic rings. The Hall–Kier alpha value is -1.70. The minimum Gasteiger partial charge on any atom is -0.491 e. The average Bonchev–Trinajstić information content (AvgIpc) is 2.50. The van der Waals surface area contributed by atoms with Gasteiger partial charge < -0.3 is 9.47 Å². The van der Waals surface area contributed by atoms with Gasteiger partial charge in [0, 0.05) is 4.91 Å². The van der Waals surface area contributed by atoms with Gasteiger partial charge in [0.15, 0.2) is 5.57 Å². The molecule has 3 nitrogen and oxygen atoms in total. The number of halogens is 4. The van der Waals surface area contributed by atoms with Crippen LogP contribution < -0.4 is 0 Å². The van der Waals surface area contributed by atoms with Crippen molar-refractivity contribution in [3.63, 3.8) is 0 Å². The molecule has 0 bridgehead atoms. The van der Waals surface area contributed by atoms with Gasteiger partial charge in [0.25, 0.3) is 0 Å². The minimum absolute atomic E-state index is 0.106. The van der Waals surface area contributed by atoms with E-state index in [9.17, 15) is 17.6 Å². The quantitative estimate of drug-likeness (QED) is 0.232. The van der Waals surface area contributed by atoms with Crippen LogP contribution in [0.5, 0.6) is 0 Å². The zero-order chi connectivity index (χ0) is 18.9. The fourth-order valence-electron chi connectivity index (χ4n) is 1.56. The van der Waals surface area contributed by atoms with Crippen LogP contribution >= 0.6 is 11.8 Å². The first-order valence-electron chi connectivity index (χ1n) is 6.96. The van der Waals surface area contributed by atoms with Crippen LogP contribution in [0, 0.1) is 0 Å². The molecule has 0 radical (unpaired) electrons. The molecule has 0 fully saturated rings. The number of nitrogens with zero attached hydrogens (tertiary/aromatic N) is 1. The molecule has 0 atom stereocenters. The van der Waals surface area contributed by atoms with E-state index in [0.29, 0.717) is 10.00 Å². The third-order valence-electron chi connectivity index (χ3n) is 2.65. The smallest absolute Gasteiger partial charge is 0.424 e. The number of alkyl halides is 3. The molecule has 0 aromatic carbocycles. The normalized spacial score (nSPS) is 15.1. The molecular formula is C16H21F4NO2S. The maximum atomic E-state index is 13.9. The molecule has 136 valence electrons. The van der Waals surface area contributed by atoms with Crippen molar-refractivity contribution in [1.82, 2.24) is 0 Å². The van der Waals surface area contributed by atoms with Gasteiger partial charge in [0.1, 0.15) is 10.9 Å². The van der Waals surface area contributed by atoms with Gasteiger partial charge in [-0.25, -0.2) is 9.38 Å². The van der Waals surface area contributed by atoms with Gasteiger partial charge in [0.05, 0.1) is 19.9 Å². The van der Waals surface area contributed by atoms with Crippen molar-refractivity contribution in [2.45, 2.75) is 33.4 Å². The molecule has 0 unspecified atom stereocenters. The topological polar surface area (TPSA) is 30.8 Å². The van der Waals surface area contributed by atoms with Crippen molar-refractivity contribution in [3.05, 3.63) is 46.0 Å². The lowest BCUT2D eigenvalue weighted by Crippen LogP contribution is -2.16. The summed E-state index contributed by atoms with van der Waals surface area (Å²) in [6, 6.07) is 0.